The van der Waals surface area contributed by atoms with E-state index < -0.39 is 4.92 Å². The molecule has 22 heavy (non-hydrogen) atoms. The van der Waals surface area contributed by atoms with Gasteiger partial charge in [-0.1, -0.05) is 18.5 Å². The van der Waals surface area contributed by atoms with Crippen LogP contribution < -0.4 is 10.1 Å². The quantitative estimate of drug-likeness (QED) is 0.647. The van der Waals surface area contributed by atoms with Gasteiger partial charge in [0.05, 0.1) is 28.3 Å². The predicted octanol–water partition coefficient (Wildman–Crippen LogP) is 2.56. The molecule has 0 unspecified atom stereocenters. The van der Waals surface area contributed by atoms with E-state index in [0.717, 1.165) is 17.7 Å². The molecule has 118 valence electrons. The zero-order chi connectivity index (χ0) is 16.3. The van der Waals surface area contributed by atoms with Crippen LogP contribution in [0.3, 0.4) is 0 Å². The molecular formula is C13H16ClN5O3. The molecule has 0 radical (unpaired) electrons. The molecule has 0 amide bonds. The van der Waals surface area contributed by atoms with Gasteiger partial charge in [-0.2, -0.15) is 5.10 Å². The van der Waals surface area contributed by atoms with Crippen LogP contribution in [0.5, 0.6) is 5.88 Å². The second-order valence-corrected chi connectivity index (χ2v) is 4.98. The molecule has 0 bridgehead atoms. The van der Waals surface area contributed by atoms with Gasteiger partial charge in [-0.05, 0) is 6.42 Å². The molecule has 0 spiro atoms. The first-order chi connectivity index (χ1) is 10.5. The van der Waals surface area contributed by atoms with E-state index in [0.29, 0.717) is 12.4 Å². The Morgan fingerprint density at radius 3 is 2.86 bits per heavy atom. The maximum absolute atomic E-state index is 11.1. The lowest BCUT2D eigenvalue weighted by molar-refractivity contribution is -0.384. The van der Waals surface area contributed by atoms with Crippen LogP contribution in [0.4, 0.5) is 11.5 Å². The first-order valence-electron chi connectivity index (χ1n) is 6.60. The monoisotopic (exact) mass is 325 g/mol. The summed E-state index contributed by atoms with van der Waals surface area (Å²) in [5.41, 5.74) is 1.54. The fourth-order valence-corrected chi connectivity index (χ4v) is 2.35. The third-order valence-corrected chi connectivity index (χ3v) is 3.37. The van der Waals surface area contributed by atoms with Gasteiger partial charge in [-0.25, -0.2) is 9.67 Å². The summed E-state index contributed by atoms with van der Waals surface area (Å²) in [6, 6.07) is 1.26. The van der Waals surface area contributed by atoms with Crippen molar-refractivity contribution in [3.8, 4) is 5.88 Å². The normalized spacial score (nSPS) is 10.5. The highest BCUT2D eigenvalue weighted by atomic mass is 35.5. The summed E-state index contributed by atoms with van der Waals surface area (Å²) in [4.78, 5) is 14.5. The first-order valence-corrected chi connectivity index (χ1v) is 6.98. The summed E-state index contributed by atoms with van der Waals surface area (Å²) >= 11 is 5.75. The van der Waals surface area contributed by atoms with E-state index in [4.69, 9.17) is 16.3 Å². The zero-order valence-electron chi connectivity index (χ0n) is 12.5. The lowest BCUT2D eigenvalue weighted by atomic mass is 10.2. The summed E-state index contributed by atoms with van der Waals surface area (Å²) in [5, 5.41) is 18.6. The van der Waals surface area contributed by atoms with Crippen molar-refractivity contribution in [1.82, 2.24) is 14.8 Å². The maximum Gasteiger partial charge on any atom is 0.312 e. The summed E-state index contributed by atoms with van der Waals surface area (Å²) in [6.07, 6.45) is 2.09. The Morgan fingerprint density at radius 2 is 2.27 bits per heavy atom. The molecule has 0 aliphatic carbocycles. The van der Waals surface area contributed by atoms with E-state index in [1.165, 1.54) is 12.3 Å². The van der Waals surface area contributed by atoms with Gasteiger partial charge in [0, 0.05) is 25.9 Å². The molecule has 8 nitrogen and oxygen atoms in total. The molecule has 2 aromatic heterocycles. The van der Waals surface area contributed by atoms with Crippen LogP contribution in [0.15, 0.2) is 12.3 Å². The molecule has 9 heteroatoms. The molecule has 2 heterocycles. The predicted molar refractivity (Wildman–Crippen MR) is 82.4 cm³/mol. The number of pyridine rings is 1. The smallest absolute Gasteiger partial charge is 0.312 e. The molecule has 0 fully saturated rings. The summed E-state index contributed by atoms with van der Waals surface area (Å²) < 4.78 is 6.97. The molecule has 1 N–H and O–H groups in total. The van der Waals surface area contributed by atoms with Crippen molar-refractivity contribution in [2.24, 2.45) is 7.05 Å². The number of anilines is 1. The number of aromatic nitrogens is 3. The molecule has 0 aromatic carbocycles. The number of nitro groups is 1. The van der Waals surface area contributed by atoms with E-state index in [9.17, 15) is 10.1 Å². The second-order valence-electron chi connectivity index (χ2n) is 4.54. The summed E-state index contributed by atoms with van der Waals surface area (Å²) in [7, 11) is 3.34. The number of hydrogen-bond acceptors (Lipinski definition) is 6. The zero-order valence-corrected chi connectivity index (χ0v) is 13.2. The lowest BCUT2D eigenvalue weighted by Crippen LogP contribution is -2.07. The Morgan fingerprint density at radius 1 is 1.55 bits per heavy atom. The Kier molecular flexibility index (Phi) is 4.81. The van der Waals surface area contributed by atoms with Gasteiger partial charge >= 0.3 is 5.69 Å². The van der Waals surface area contributed by atoms with Crippen molar-refractivity contribution in [2.45, 2.75) is 19.9 Å². The van der Waals surface area contributed by atoms with Crippen molar-refractivity contribution >= 4 is 23.1 Å². The number of methoxy groups -OCH3 is 1. The Balaban J connectivity index is 2.29. The van der Waals surface area contributed by atoms with Crippen LogP contribution in [0.1, 0.15) is 18.2 Å². The third kappa shape index (κ3) is 3.11. The van der Waals surface area contributed by atoms with Crippen LogP contribution in [-0.4, -0.2) is 26.8 Å². The Bertz CT molecular complexity index is 701. The highest BCUT2D eigenvalue weighted by molar-refractivity contribution is 6.30. The van der Waals surface area contributed by atoms with Gasteiger partial charge in [0.25, 0.3) is 0 Å². The Hall–Kier alpha value is -2.35. The SMILES string of the molecule is CCc1nn(C)c(OC)c1CNc1ncc(Cl)cc1[N+](=O)[O-]. The number of rotatable bonds is 6. The first kappa shape index (κ1) is 16.0. The minimum absolute atomic E-state index is 0.155. The minimum atomic E-state index is -0.525. The largest absolute Gasteiger partial charge is 0.481 e. The molecule has 0 aliphatic rings. The van der Waals surface area contributed by atoms with Crippen LogP contribution in [-0.2, 0) is 20.0 Å². The van der Waals surface area contributed by atoms with Crippen LogP contribution in [0.25, 0.3) is 0 Å². The van der Waals surface area contributed by atoms with Crippen molar-refractivity contribution in [3.05, 3.63) is 38.7 Å². The van der Waals surface area contributed by atoms with Gasteiger partial charge in [0.1, 0.15) is 0 Å². The molecule has 2 rings (SSSR count). The van der Waals surface area contributed by atoms with E-state index >= 15 is 0 Å². The van der Waals surface area contributed by atoms with Gasteiger partial charge in [-0.3, -0.25) is 10.1 Å². The lowest BCUT2D eigenvalue weighted by Gasteiger charge is -2.08. The number of nitrogens with one attached hydrogen (secondary N) is 1. The van der Waals surface area contributed by atoms with Crippen molar-refractivity contribution in [1.29, 1.82) is 0 Å². The van der Waals surface area contributed by atoms with E-state index in [1.54, 1.807) is 18.8 Å². The summed E-state index contributed by atoms with van der Waals surface area (Å²) in [6.45, 7) is 2.30. The highest BCUT2D eigenvalue weighted by Gasteiger charge is 2.19. The third-order valence-electron chi connectivity index (χ3n) is 3.16. The standard InChI is InChI=1S/C13H16ClN5O3/c1-4-10-9(13(22-3)18(2)17-10)7-16-12-11(19(20)21)5-8(14)6-15-12/h5-6H,4,7H2,1-3H3,(H,15,16). The van der Waals surface area contributed by atoms with Gasteiger partial charge in [-0.15, -0.1) is 0 Å². The topological polar surface area (TPSA) is 95.1 Å². The average Bonchev–Trinajstić information content (AvgIpc) is 2.80. The fourth-order valence-electron chi connectivity index (χ4n) is 2.20. The van der Waals surface area contributed by atoms with Crippen molar-refractivity contribution in [3.63, 3.8) is 0 Å². The van der Waals surface area contributed by atoms with Gasteiger partial charge in [0.2, 0.25) is 11.7 Å². The molecule has 0 aliphatic heterocycles. The van der Waals surface area contributed by atoms with E-state index in [-0.39, 0.29) is 16.5 Å². The second kappa shape index (κ2) is 6.61. The molecule has 2 aromatic rings. The number of halogens is 1. The summed E-state index contributed by atoms with van der Waals surface area (Å²) in [5.74, 6) is 0.767. The van der Waals surface area contributed by atoms with Gasteiger partial charge in [0.15, 0.2) is 0 Å². The van der Waals surface area contributed by atoms with Crippen LogP contribution in [0.2, 0.25) is 5.02 Å². The van der Waals surface area contributed by atoms with Crippen molar-refractivity contribution in [2.75, 3.05) is 12.4 Å². The van der Waals surface area contributed by atoms with E-state index in [2.05, 4.69) is 15.4 Å². The Labute approximate surface area is 132 Å². The number of hydrogen-bond donors (Lipinski definition) is 1. The molecule has 0 saturated heterocycles. The number of nitrogens with zero attached hydrogens (tertiary/aromatic N) is 4. The molecule has 0 atom stereocenters. The van der Waals surface area contributed by atoms with Gasteiger partial charge < -0.3 is 10.1 Å². The fraction of sp³-hybridized carbons (Fsp3) is 0.385. The minimum Gasteiger partial charge on any atom is -0.481 e. The number of ether oxygens (including phenoxy) is 1. The van der Waals surface area contributed by atoms with Crippen LogP contribution >= 0.6 is 11.6 Å². The number of aryl methyl sites for hydroxylation is 2. The molecular weight excluding hydrogens is 310 g/mol. The molecule has 0 saturated carbocycles. The average molecular weight is 326 g/mol. The van der Waals surface area contributed by atoms with Crippen LogP contribution in [0, 0.1) is 10.1 Å². The highest BCUT2D eigenvalue weighted by Crippen LogP contribution is 2.27. The van der Waals surface area contributed by atoms with E-state index in [1.807, 2.05) is 6.92 Å². The van der Waals surface area contributed by atoms with Crippen molar-refractivity contribution < 1.29 is 9.66 Å². The maximum atomic E-state index is 11.1.